The fourth-order valence-electron chi connectivity index (χ4n) is 1.80. The van der Waals surface area contributed by atoms with Crippen LogP contribution >= 0.6 is 0 Å². The smallest absolute Gasteiger partial charge is 0.0843 e. The highest BCUT2D eigenvalue weighted by Crippen LogP contribution is 2.36. The maximum atomic E-state index is 8.34. The van der Waals surface area contributed by atoms with Gasteiger partial charge in [0.05, 0.1) is 12.6 Å². The molecule has 0 aromatic heterocycles. The van der Waals surface area contributed by atoms with Crippen molar-refractivity contribution >= 4 is 0 Å². The van der Waals surface area contributed by atoms with Crippen molar-refractivity contribution in [1.29, 1.82) is 5.26 Å². The zero-order chi connectivity index (χ0) is 8.32. The van der Waals surface area contributed by atoms with Crippen LogP contribution in [-0.2, 0) is 0 Å². The number of nitrogens with one attached hydrogen (secondary N) is 1. The molecule has 2 heteroatoms. The predicted octanol–water partition coefficient (Wildman–Crippen LogP) is 1.68. The molecule has 0 amide bonds. The van der Waals surface area contributed by atoms with E-state index in [-0.39, 0.29) is 0 Å². The molecule has 62 valence electrons. The Bertz CT molecular complexity index is 167. The number of hydrogen-bond acceptors (Lipinski definition) is 2. The Labute approximate surface area is 68.6 Å². The Hall–Kier alpha value is -0.550. The van der Waals surface area contributed by atoms with Gasteiger partial charge in [0.25, 0.3) is 0 Å². The third kappa shape index (κ3) is 2.51. The van der Waals surface area contributed by atoms with Gasteiger partial charge in [-0.2, -0.15) is 5.26 Å². The Balaban J connectivity index is 2.26. The van der Waals surface area contributed by atoms with Crippen molar-refractivity contribution in [2.45, 2.75) is 39.2 Å². The Morgan fingerprint density at radius 3 is 2.82 bits per heavy atom. The molecular weight excluding hydrogens is 136 g/mol. The summed E-state index contributed by atoms with van der Waals surface area (Å²) in [5.41, 5.74) is 0.493. The van der Waals surface area contributed by atoms with Gasteiger partial charge in [0.1, 0.15) is 0 Å². The largest absolute Gasteiger partial charge is 0.302 e. The monoisotopic (exact) mass is 152 g/mol. The molecule has 1 N–H and O–H groups in total. The first-order chi connectivity index (χ1) is 5.14. The van der Waals surface area contributed by atoms with Gasteiger partial charge in [0, 0.05) is 6.04 Å². The Morgan fingerprint density at radius 2 is 2.36 bits per heavy atom. The van der Waals surface area contributed by atoms with Gasteiger partial charge in [0.2, 0.25) is 0 Å². The summed E-state index contributed by atoms with van der Waals surface area (Å²) in [4.78, 5) is 0. The van der Waals surface area contributed by atoms with Crippen LogP contribution in [0.2, 0.25) is 0 Å². The molecule has 0 aromatic carbocycles. The average molecular weight is 152 g/mol. The number of nitrogens with zero attached hydrogens (tertiary/aromatic N) is 1. The summed E-state index contributed by atoms with van der Waals surface area (Å²) in [7, 11) is 0. The Kier molecular flexibility index (Phi) is 2.51. The van der Waals surface area contributed by atoms with Crippen LogP contribution in [0.1, 0.15) is 33.1 Å². The summed E-state index contributed by atoms with van der Waals surface area (Å²) in [6, 6.07) is 2.70. The van der Waals surface area contributed by atoms with E-state index < -0.39 is 0 Å². The summed E-state index contributed by atoms with van der Waals surface area (Å²) in [6.07, 6.45) is 3.74. The quantitative estimate of drug-likeness (QED) is 0.611. The summed E-state index contributed by atoms with van der Waals surface area (Å²) in [5, 5.41) is 11.6. The minimum absolute atomic E-state index is 0.493. The summed E-state index contributed by atoms with van der Waals surface area (Å²) < 4.78 is 0. The minimum atomic E-state index is 0.493. The van der Waals surface area contributed by atoms with Crippen molar-refractivity contribution in [3.8, 4) is 6.07 Å². The van der Waals surface area contributed by atoms with Gasteiger partial charge < -0.3 is 5.32 Å². The molecule has 11 heavy (non-hydrogen) atoms. The lowest BCUT2D eigenvalue weighted by atomic mass is 9.92. The van der Waals surface area contributed by atoms with E-state index in [1.165, 1.54) is 19.3 Å². The van der Waals surface area contributed by atoms with Gasteiger partial charge in [-0.25, -0.2) is 0 Å². The van der Waals surface area contributed by atoms with Crippen LogP contribution < -0.4 is 5.32 Å². The molecule has 2 nitrogen and oxygen atoms in total. The number of rotatable bonds is 2. The fraction of sp³-hybridized carbons (Fsp3) is 0.889. The molecule has 0 heterocycles. The minimum Gasteiger partial charge on any atom is -0.302 e. The second-order valence-corrected chi connectivity index (χ2v) is 4.14. The first-order valence-corrected chi connectivity index (χ1v) is 4.24. The molecule has 1 atom stereocenters. The second kappa shape index (κ2) is 3.23. The van der Waals surface area contributed by atoms with E-state index in [2.05, 4.69) is 25.2 Å². The molecule has 1 unspecified atom stereocenters. The van der Waals surface area contributed by atoms with Crippen molar-refractivity contribution in [3.05, 3.63) is 0 Å². The third-order valence-corrected chi connectivity index (χ3v) is 2.44. The second-order valence-electron chi connectivity index (χ2n) is 4.14. The van der Waals surface area contributed by atoms with Crippen molar-refractivity contribution < 1.29 is 0 Å². The highest BCUT2D eigenvalue weighted by molar-refractivity contribution is 4.88. The average Bonchev–Trinajstić information content (AvgIpc) is 2.26. The van der Waals surface area contributed by atoms with Crippen LogP contribution in [0, 0.1) is 16.7 Å². The third-order valence-electron chi connectivity index (χ3n) is 2.44. The lowest BCUT2D eigenvalue weighted by molar-refractivity contribution is 0.367. The lowest BCUT2D eigenvalue weighted by Gasteiger charge is -2.16. The maximum Gasteiger partial charge on any atom is 0.0843 e. The van der Waals surface area contributed by atoms with E-state index in [0.717, 1.165) is 0 Å². The first-order valence-electron chi connectivity index (χ1n) is 4.24. The SMILES string of the molecule is CC1(C)CCC(NCC#N)C1. The highest BCUT2D eigenvalue weighted by Gasteiger charge is 2.30. The van der Waals surface area contributed by atoms with E-state index in [1.807, 2.05) is 0 Å². The van der Waals surface area contributed by atoms with Crippen LogP contribution in [0.3, 0.4) is 0 Å². The van der Waals surface area contributed by atoms with E-state index in [0.29, 0.717) is 18.0 Å². The molecule has 0 bridgehead atoms. The lowest BCUT2D eigenvalue weighted by Crippen LogP contribution is -2.27. The molecule has 0 aliphatic heterocycles. The van der Waals surface area contributed by atoms with E-state index in [9.17, 15) is 0 Å². The normalized spacial score (nSPS) is 28.3. The molecule has 1 fully saturated rings. The van der Waals surface area contributed by atoms with Gasteiger partial charge in [0.15, 0.2) is 0 Å². The van der Waals surface area contributed by atoms with Crippen LogP contribution in [-0.4, -0.2) is 12.6 Å². The summed E-state index contributed by atoms with van der Waals surface area (Å²) >= 11 is 0. The van der Waals surface area contributed by atoms with Crippen molar-refractivity contribution in [3.63, 3.8) is 0 Å². The maximum absolute atomic E-state index is 8.34. The molecule has 0 radical (unpaired) electrons. The van der Waals surface area contributed by atoms with Gasteiger partial charge in [-0.05, 0) is 24.7 Å². The van der Waals surface area contributed by atoms with Crippen molar-refractivity contribution in [2.75, 3.05) is 6.54 Å². The molecule has 0 aromatic rings. The first kappa shape index (κ1) is 8.55. The van der Waals surface area contributed by atoms with E-state index in [4.69, 9.17) is 5.26 Å². The van der Waals surface area contributed by atoms with Crippen LogP contribution in [0.5, 0.6) is 0 Å². The van der Waals surface area contributed by atoms with Gasteiger partial charge in [-0.3, -0.25) is 0 Å². The zero-order valence-electron chi connectivity index (χ0n) is 7.35. The van der Waals surface area contributed by atoms with Crippen LogP contribution in [0.15, 0.2) is 0 Å². The summed E-state index contributed by atoms with van der Waals surface area (Å²) in [5.74, 6) is 0. The standard InChI is InChI=1S/C9H16N2/c1-9(2)4-3-8(7-9)11-6-5-10/h8,11H,3-4,6-7H2,1-2H3. The molecule has 0 saturated heterocycles. The molecule has 1 aliphatic rings. The summed E-state index contributed by atoms with van der Waals surface area (Å²) in [6.45, 7) is 5.09. The molecular formula is C9H16N2. The van der Waals surface area contributed by atoms with E-state index >= 15 is 0 Å². The molecule has 1 saturated carbocycles. The molecule has 1 aliphatic carbocycles. The Morgan fingerprint density at radius 1 is 1.64 bits per heavy atom. The highest BCUT2D eigenvalue weighted by atomic mass is 14.9. The topological polar surface area (TPSA) is 35.8 Å². The van der Waals surface area contributed by atoms with Crippen LogP contribution in [0.4, 0.5) is 0 Å². The van der Waals surface area contributed by atoms with Crippen molar-refractivity contribution in [1.82, 2.24) is 5.32 Å². The van der Waals surface area contributed by atoms with Gasteiger partial charge >= 0.3 is 0 Å². The van der Waals surface area contributed by atoms with Crippen molar-refractivity contribution in [2.24, 2.45) is 5.41 Å². The molecule has 0 spiro atoms. The van der Waals surface area contributed by atoms with Crippen LogP contribution in [0.25, 0.3) is 0 Å². The molecule has 1 rings (SSSR count). The van der Waals surface area contributed by atoms with E-state index in [1.54, 1.807) is 0 Å². The van der Waals surface area contributed by atoms with Gasteiger partial charge in [-0.1, -0.05) is 13.8 Å². The zero-order valence-corrected chi connectivity index (χ0v) is 7.35. The number of hydrogen-bond donors (Lipinski definition) is 1. The fourth-order valence-corrected chi connectivity index (χ4v) is 1.80. The van der Waals surface area contributed by atoms with Gasteiger partial charge in [-0.15, -0.1) is 0 Å². The number of nitriles is 1. The predicted molar refractivity (Wildman–Crippen MR) is 45.0 cm³/mol.